The number of aromatic nitrogens is 4. The third-order valence-corrected chi connectivity index (χ3v) is 3.08. The van der Waals surface area contributed by atoms with Crippen LogP contribution in [0, 0.1) is 12.7 Å². The van der Waals surface area contributed by atoms with Gasteiger partial charge in [0.1, 0.15) is 18.0 Å². The number of rotatable bonds is 4. The highest BCUT2D eigenvalue weighted by Crippen LogP contribution is 2.11. The Kier molecular flexibility index (Phi) is 3.59. The number of anilines is 1. The molecule has 21 heavy (non-hydrogen) atoms. The van der Waals surface area contributed by atoms with Crippen LogP contribution in [-0.2, 0) is 6.54 Å². The van der Waals surface area contributed by atoms with Crippen molar-refractivity contribution in [3.63, 3.8) is 0 Å². The lowest BCUT2D eigenvalue weighted by molar-refractivity contribution is 0.627. The molecule has 0 atom stereocenters. The van der Waals surface area contributed by atoms with Crippen molar-refractivity contribution in [1.82, 2.24) is 19.5 Å². The van der Waals surface area contributed by atoms with Crippen LogP contribution < -0.4 is 5.32 Å². The summed E-state index contributed by atoms with van der Waals surface area (Å²) in [6.45, 7) is 2.51. The van der Waals surface area contributed by atoms with Gasteiger partial charge in [-0.1, -0.05) is 12.1 Å². The Balaban J connectivity index is 1.74. The molecule has 0 amide bonds. The van der Waals surface area contributed by atoms with Crippen LogP contribution in [0.5, 0.6) is 0 Å². The zero-order chi connectivity index (χ0) is 14.7. The fraction of sp³-hybridized carbons (Fsp3) is 0.133. The second-order valence-electron chi connectivity index (χ2n) is 4.65. The van der Waals surface area contributed by atoms with Crippen molar-refractivity contribution in [2.75, 3.05) is 5.32 Å². The summed E-state index contributed by atoms with van der Waals surface area (Å²) in [7, 11) is 0. The maximum Gasteiger partial charge on any atom is 0.159 e. The second-order valence-corrected chi connectivity index (χ2v) is 4.65. The summed E-state index contributed by atoms with van der Waals surface area (Å²) in [4.78, 5) is 12.7. The van der Waals surface area contributed by atoms with E-state index in [0.29, 0.717) is 18.2 Å². The number of aryl methyl sites for hydroxylation is 1. The van der Waals surface area contributed by atoms with Crippen molar-refractivity contribution < 1.29 is 4.39 Å². The van der Waals surface area contributed by atoms with Crippen LogP contribution in [0.1, 0.15) is 11.3 Å². The van der Waals surface area contributed by atoms with E-state index in [1.807, 2.05) is 11.5 Å². The van der Waals surface area contributed by atoms with Crippen LogP contribution in [0.15, 0.2) is 49.2 Å². The Morgan fingerprint density at radius 1 is 1.10 bits per heavy atom. The van der Waals surface area contributed by atoms with E-state index < -0.39 is 0 Å². The first-order valence-electron chi connectivity index (χ1n) is 6.52. The van der Waals surface area contributed by atoms with Gasteiger partial charge in [-0.2, -0.15) is 0 Å². The molecule has 5 nitrogen and oxygen atoms in total. The van der Waals surface area contributed by atoms with Gasteiger partial charge in [0.05, 0.1) is 12.4 Å². The zero-order valence-electron chi connectivity index (χ0n) is 11.5. The predicted molar refractivity (Wildman–Crippen MR) is 77.6 cm³/mol. The van der Waals surface area contributed by atoms with Gasteiger partial charge in [0.25, 0.3) is 0 Å². The van der Waals surface area contributed by atoms with Crippen molar-refractivity contribution >= 4 is 5.82 Å². The smallest absolute Gasteiger partial charge is 0.159 e. The summed E-state index contributed by atoms with van der Waals surface area (Å²) < 4.78 is 14.7. The van der Waals surface area contributed by atoms with E-state index >= 15 is 0 Å². The molecule has 3 aromatic rings. The van der Waals surface area contributed by atoms with Gasteiger partial charge in [0, 0.05) is 18.4 Å². The van der Waals surface area contributed by atoms with Crippen LogP contribution >= 0.6 is 0 Å². The van der Waals surface area contributed by atoms with Gasteiger partial charge in [-0.05, 0) is 24.6 Å². The Hall–Kier alpha value is -2.76. The van der Waals surface area contributed by atoms with Gasteiger partial charge in [-0.15, -0.1) is 0 Å². The van der Waals surface area contributed by atoms with Gasteiger partial charge in [-0.25, -0.2) is 14.4 Å². The van der Waals surface area contributed by atoms with Gasteiger partial charge < -0.3 is 5.32 Å². The predicted octanol–water partition coefficient (Wildman–Crippen LogP) is 2.72. The molecule has 1 aromatic carbocycles. The fourth-order valence-corrected chi connectivity index (χ4v) is 1.95. The van der Waals surface area contributed by atoms with E-state index in [1.165, 1.54) is 12.1 Å². The lowest BCUT2D eigenvalue weighted by Crippen LogP contribution is -2.05. The minimum atomic E-state index is -0.240. The summed E-state index contributed by atoms with van der Waals surface area (Å²) in [5.41, 5.74) is 1.96. The third kappa shape index (κ3) is 3.05. The van der Waals surface area contributed by atoms with Crippen molar-refractivity contribution in [2.45, 2.75) is 13.5 Å². The average Bonchev–Trinajstić information content (AvgIpc) is 2.93. The van der Waals surface area contributed by atoms with Gasteiger partial charge in [0.2, 0.25) is 0 Å². The molecular weight excluding hydrogens is 269 g/mol. The number of hydrogen-bond acceptors (Lipinski definition) is 4. The molecule has 3 rings (SSSR count). The summed E-state index contributed by atoms with van der Waals surface area (Å²) >= 11 is 0. The molecule has 0 aliphatic rings. The fourth-order valence-electron chi connectivity index (χ4n) is 1.95. The SMILES string of the molecule is Cc1cncn1-c1cncc(NCc2ccc(F)cc2)n1. The van der Waals surface area contributed by atoms with Crippen LogP contribution in [0.4, 0.5) is 10.2 Å². The van der Waals surface area contributed by atoms with E-state index in [1.54, 1.807) is 37.1 Å². The molecule has 2 heterocycles. The second kappa shape index (κ2) is 5.70. The topological polar surface area (TPSA) is 55.6 Å². The maximum atomic E-state index is 12.8. The number of nitrogens with zero attached hydrogens (tertiary/aromatic N) is 4. The minimum Gasteiger partial charge on any atom is -0.365 e. The lowest BCUT2D eigenvalue weighted by Gasteiger charge is -2.08. The molecule has 0 radical (unpaired) electrons. The molecule has 1 N–H and O–H groups in total. The summed E-state index contributed by atoms with van der Waals surface area (Å²) in [5.74, 6) is 1.12. The summed E-state index contributed by atoms with van der Waals surface area (Å²) in [6, 6.07) is 6.35. The van der Waals surface area contributed by atoms with Crippen molar-refractivity contribution in [3.8, 4) is 5.82 Å². The molecule has 6 heteroatoms. The first-order valence-corrected chi connectivity index (χ1v) is 6.52. The molecule has 0 unspecified atom stereocenters. The van der Waals surface area contributed by atoms with E-state index in [2.05, 4.69) is 20.3 Å². The number of nitrogens with one attached hydrogen (secondary N) is 1. The number of benzene rings is 1. The average molecular weight is 283 g/mol. The molecule has 0 saturated heterocycles. The largest absolute Gasteiger partial charge is 0.365 e. The molecule has 0 spiro atoms. The van der Waals surface area contributed by atoms with Crippen LogP contribution in [0.3, 0.4) is 0 Å². The van der Waals surface area contributed by atoms with Gasteiger partial charge in [-0.3, -0.25) is 9.55 Å². The Bertz CT molecular complexity index is 736. The van der Waals surface area contributed by atoms with E-state index in [0.717, 1.165) is 11.3 Å². The first-order chi connectivity index (χ1) is 10.2. The lowest BCUT2D eigenvalue weighted by atomic mass is 10.2. The van der Waals surface area contributed by atoms with Crippen LogP contribution in [0.2, 0.25) is 0 Å². The van der Waals surface area contributed by atoms with Crippen molar-refractivity contribution in [3.05, 3.63) is 66.3 Å². The Labute approximate surface area is 121 Å². The molecule has 0 fully saturated rings. The third-order valence-electron chi connectivity index (χ3n) is 3.08. The van der Waals surface area contributed by atoms with E-state index in [-0.39, 0.29) is 5.82 Å². The molecule has 0 saturated carbocycles. The zero-order valence-corrected chi connectivity index (χ0v) is 11.5. The van der Waals surface area contributed by atoms with Crippen molar-refractivity contribution in [2.24, 2.45) is 0 Å². The van der Waals surface area contributed by atoms with Crippen LogP contribution in [0.25, 0.3) is 5.82 Å². The molecule has 2 aromatic heterocycles. The molecular formula is C15H14FN5. The van der Waals surface area contributed by atoms with Gasteiger partial charge >= 0.3 is 0 Å². The summed E-state index contributed by atoms with van der Waals surface area (Å²) in [5, 5.41) is 3.17. The first kappa shape index (κ1) is 13.2. The quantitative estimate of drug-likeness (QED) is 0.800. The maximum absolute atomic E-state index is 12.8. The highest BCUT2D eigenvalue weighted by atomic mass is 19.1. The standard InChI is InChI=1S/C15H14FN5/c1-11-6-18-10-21(11)15-9-17-8-14(20-15)19-7-12-2-4-13(16)5-3-12/h2-6,8-10H,7H2,1H3,(H,19,20). The molecule has 106 valence electrons. The van der Waals surface area contributed by atoms with Gasteiger partial charge in [0.15, 0.2) is 5.82 Å². The van der Waals surface area contributed by atoms with E-state index in [9.17, 15) is 4.39 Å². The molecule has 0 bridgehead atoms. The normalized spacial score (nSPS) is 10.6. The number of imidazole rings is 1. The van der Waals surface area contributed by atoms with E-state index in [4.69, 9.17) is 0 Å². The molecule has 0 aliphatic heterocycles. The number of halogens is 1. The Morgan fingerprint density at radius 2 is 1.90 bits per heavy atom. The van der Waals surface area contributed by atoms with Crippen LogP contribution in [-0.4, -0.2) is 19.5 Å². The molecule has 0 aliphatic carbocycles. The summed E-state index contributed by atoms with van der Waals surface area (Å²) in [6.07, 6.45) is 6.79. The number of hydrogen-bond donors (Lipinski definition) is 1. The minimum absolute atomic E-state index is 0.240. The monoisotopic (exact) mass is 283 g/mol. The van der Waals surface area contributed by atoms with Crippen molar-refractivity contribution in [1.29, 1.82) is 0 Å². The highest BCUT2D eigenvalue weighted by Gasteiger charge is 2.04. The Morgan fingerprint density at radius 3 is 2.62 bits per heavy atom. The highest BCUT2D eigenvalue weighted by molar-refractivity contribution is 5.37.